The van der Waals surface area contributed by atoms with E-state index in [1.807, 2.05) is 50.2 Å². The predicted molar refractivity (Wildman–Crippen MR) is 147 cm³/mol. The van der Waals surface area contributed by atoms with Crippen molar-refractivity contribution < 1.29 is 18.0 Å². The fourth-order valence-corrected chi connectivity index (χ4v) is 6.52. The summed E-state index contributed by atoms with van der Waals surface area (Å²) in [5, 5.41) is 5.04. The Balaban J connectivity index is 1.50. The number of rotatable bonds is 10. The Bertz CT molecular complexity index is 1420. The molecular weight excluding hydrogens is 510 g/mol. The number of hydrogen-bond donors (Lipinski definition) is 1. The van der Waals surface area contributed by atoms with Crippen LogP contribution in [0.5, 0.6) is 0 Å². The molecule has 196 valence electrons. The zero-order valence-corrected chi connectivity index (χ0v) is 22.8. The fraction of sp³-hybridized carbons (Fsp3) is 0.357. The maximum Gasteiger partial charge on any atom is 0.265 e. The van der Waals surface area contributed by atoms with Crippen LogP contribution in [0.2, 0.25) is 5.02 Å². The number of hydrogen-bond acceptors (Lipinski definition) is 4. The van der Waals surface area contributed by atoms with Crippen LogP contribution in [0.15, 0.2) is 65.6 Å². The first-order chi connectivity index (χ1) is 17.6. The molecule has 2 amide bonds. The van der Waals surface area contributed by atoms with Crippen molar-refractivity contribution in [2.75, 3.05) is 10.8 Å². The number of anilines is 1. The van der Waals surface area contributed by atoms with E-state index in [1.165, 1.54) is 9.21 Å². The monoisotopic (exact) mass is 541 g/mol. The van der Waals surface area contributed by atoms with E-state index in [4.69, 9.17) is 11.6 Å². The van der Waals surface area contributed by atoms with Gasteiger partial charge in [0.2, 0.25) is 11.8 Å². The summed E-state index contributed by atoms with van der Waals surface area (Å²) in [5.74, 6) is -0.474. The predicted octanol–water partition coefficient (Wildman–Crippen LogP) is 5.11. The normalized spacial score (nSPS) is 15.4. The molecule has 0 aliphatic carbocycles. The van der Waals surface area contributed by atoms with Crippen molar-refractivity contribution in [3.05, 3.63) is 71.2 Å². The lowest BCUT2D eigenvalue weighted by Gasteiger charge is -2.30. The molecule has 0 spiro atoms. The van der Waals surface area contributed by atoms with E-state index in [0.717, 1.165) is 17.4 Å². The molecule has 7 nitrogen and oxygen atoms in total. The largest absolute Gasteiger partial charge is 0.352 e. The fourth-order valence-electron chi connectivity index (χ4n) is 4.57. The van der Waals surface area contributed by atoms with E-state index < -0.39 is 16.1 Å². The zero-order valence-electron chi connectivity index (χ0n) is 21.3. The third-order valence-corrected chi connectivity index (χ3v) is 9.12. The minimum Gasteiger partial charge on any atom is -0.352 e. The van der Waals surface area contributed by atoms with Crippen LogP contribution in [-0.2, 0) is 26.2 Å². The number of carbonyl (C=O) groups is 2. The first-order valence-electron chi connectivity index (χ1n) is 12.5. The summed E-state index contributed by atoms with van der Waals surface area (Å²) in [6, 6.07) is 17.3. The molecule has 1 aliphatic rings. The highest BCUT2D eigenvalue weighted by molar-refractivity contribution is 7.93. The highest BCUT2D eigenvalue weighted by atomic mass is 35.5. The summed E-state index contributed by atoms with van der Waals surface area (Å²) >= 11 is 6.36. The molecular formula is C28H32ClN3O4S. The SMILES string of the molecule is CCC(C)NC(=O)C(C)N(Cc1ccccc1Cl)C(=O)CCCN1c2cccc3cccc(c23)S1(=O)=O. The molecule has 1 aliphatic heterocycles. The van der Waals surface area contributed by atoms with Crippen LogP contribution < -0.4 is 9.62 Å². The molecule has 3 aromatic rings. The van der Waals surface area contributed by atoms with Crippen LogP contribution in [0.3, 0.4) is 0 Å². The van der Waals surface area contributed by atoms with Gasteiger partial charge < -0.3 is 10.2 Å². The van der Waals surface area contributed by atoms with E-state index in [2.05, 4.69) is 5.32 Å². The number of nitrogens with one attached hydrogen (secondary N) is 1. The Hall–Kier alpha value is -3.10. The van der Waals surface area contributed by atoms with Gasteiger partial charge in [0.05, 0.1) is 10.6 Å². The van der Waals surface area contributed by atoms with Gasteiger partial charge >= 0.3 is 0 Å². The maximum atomic E-state index is 13.4. The number of sulfonamides is 1. The molecule has 9 heteroatoms. The molecule has 4 rings (SSSR count). The summed E-state index contributed by atoms with van der Waals surface area (Å²) in [6.45, 7) is 5.94. The summed E-state index contributed by atoms with van der Waals surface area (Å²) < 4.78 is 27.9. The molecule has 1 heterocycles. The van der Waals surface area contributed by atoms with Crippen LogP contribution in [0, 0.1) is 0 Å². The molecule has 0 radical (unpaired) electrons. The van der Waals surface area contributed by atoms with Crippen molar-refractivity contribution >= 4 is 49.9 Å². The second kappa shape index (κ2) is 11.1. The Labute approximate surface area is 223 Å². The number of halogens is 1. The van der Waals surface area contributed by atoms with Crippen molar-refractivity contribution in [2.45, 2.75) is 63.6 Å². The van der Waals surface area contributed by atoms with Crippen molar-refractivity contribution in [3.63, 3.8) is 0 Å². The van der Waals surface area contributed by atoms with E-state index in [9.17, 15) is 18.0 Å². The van der Waals surface area contributed by atoms with Gasteiger partial charge in [-0.15, -0.1) is 0 Å². The highest BCUT2D eigenvalue weighted by Crippen LogP contribution is 2.42. The third-order valence-electron chi connectivity index (χ3n) is 6.90. The average Bonchev–Trinajstić information content (AvgIpc) is 3.10. The smallest absolute Gasteiger partial charge is 0.265 e. The molecule has 0 saturated heterocycles. The summed E-state index contributed by atoms with van der Waals surface area (Å²) in [5.41, 5.74) is 1.37. The van der Waals surface area contributed by atoms with Gasteiger partial charge in [-0.3, -0.25) is 13.9 Å². The number of benzene rings is 3. The Morgan fingerprint density at radius 3 is 2.43 bits per heavy atom. The van der Waals surface area contributed by atoms with Crippen molar-refractivity contribution in [3.8, 4) is 0 Å². The number of nitrogens with zero attached hydrogens (tertiary/aromatic N) is 2. The van der Waals surface area contributed by atoms with Crippen molar-refractivity contribution in [1.29, 1.82) is 0 Å². The van der Waals surface area contributed by atoms with Gasteiger partial charge in [0.1, 0.15) is 6.04 Å². The lowest BCUT2D eigenvalue weighted by molar-refractivity contribution is -0.140. The van der Waals surface area contributed by atoms with Gasteiger partial charge in [-0.2, -0.15) is 0 Å². The van der Waals surface area contributed by atoms with Crippen LogP contribution in [-0.4, -0.2) is 43.8 Å². The van der Waals surface area contributed by atoms with Gasteiger partial charge in [-0.25, -0.2) is 8.42 Å². The van der Waals surface area contributed by atoms with Gasteiger partial charge in [-0.1, -0.05) is 61.0 Å². The van der Waals surface area contributed by atoms with Gasteiger partial charge in [-0.05, 0) is 55.8 Å². The lowest BCUT2D eigenvalue weighted by atomic mass is 10.1. The van der Waals surface area contributed by atoms with Crippen LogP contribution in [0.4, 0.5) is 5.69 Å². The van der Waals surface area contributed by atoms with E-state index in [0.29, 0.717) is 27.4 Å². The van der Waals surface area contributed by atoms with E-state index in [1.54, 1.807) is 31.2 Å². The van der Waals surface area contributed by atoms with Gasteiger partial charge in [0, 0.05) is 36.0 Å². The van der Waals surface area contributed by atoms with Crippen LogP contribution in [0.25, 0.3) is 10.8 Å². The topological polar surface area (TPSA) is 86.8 Å². The van der Waals surface area contributed by atoms with Crippen molar-refractivity contribution in [1.82, 2.24) is 10.2 Å². The Morgan fingerprint density at radius 1 is 1.03 bits per heavy atom. The molecule has 2 unspecified atom stereocenters. The number of carbonyl (C=O) groups excluding carboxylic acids is 2. The molecule has 0 fully saturated rings. The minimum atomic E-state index is -3.69. The molecule has 3 aromatic carbocycles. The third kappa shape index (κ3) is 5.45. The Kier molecular flexibility index (Phi) is 8.09. The van der Waals surface area contributed by atoms with Crippen LogP contribution in [0.1, 0.15) is 45.6 Å². The quantitative estimate of drug-likeness (QED) is 0.386. The Morgan fingerprint density at radius 2 is 1.73 bits per heavy atom. The maximum absolute atomic E-state index is 13.4. The molecule has 37 heavy (non-hydrogen) atoms. The number of amides is 2. The van der Waals surface area contributed by atoms with Crippen molar-refractivity contribution in [2.24, 2.45) is 0 Å². The standard InChI is InChI=1S/C28H32ClN3O4S/c1-4-19(2)30-28(34)20(3)31(18-22-10-5-6-13-23(22)29)26(33)16-9-17-32-24-14-7-11-21-12-8-15-25(27(21)24)37(32,35)36/h5-8,10-15,19-20H,4,9,16-18H2,1-3H3,(H,30,34). The van der Waals surface area contributed by atoms with Gasteiger partial charge in [0.15, 0.2) is 0 Å². The van der Waals surface area contributed by atoms with Gasteiger partial charge in [0.25, 0.3) is 10.0 Å². The van der Waals surface area contributed by atoms with E-state index >= 15 is 0 Å². The molecule has 1 N–H and O–H groups in total. The first-order valence-corrected chi connectivity index (χ1v) is 14.3. The summed E-state index contributed by atoms with van der Waals surface area (Å²) in [7, 11) is -3.69. The second-order valence-electron chi connectivity index (χ2n) is 9.42. The highest BCUT2D eigenvalue weighted by Gasteiger charge is 2.35. The molecule has 0 aromatic heterocycles. The zero-order chi connectivity index (χ0) is 26.7. The minimum absolute atomic E-state index is 0.0167. The first kappa shape index (κ1) is 26.9. The van der Waals surface area contributed by atoms with Crippen LogP contribution >= 0.6 is 11.6 Å². The average molecular weight is 542 g/mol. The second-order valence-corrected chi connectivity index (χ2v) is 11.7. The molecule has 2 atom stereocenters. The molecule has 0 saturated carbocycles. The van der Waals surface area contributed by atoms with E-state index in [-0.39, 0.29) is 37.4 Å². The molecule has 0 bridgehead atoms. The lowest BCUT2D eigenvalue weighted by Crippen LogP contribution is -2.49. The summed E-state index contributed by atoms with van der Waals surface area (Å²) in [6.07, 6.45) is 1.17. The summed E-state index contributed by atoms with van der Waals surface area (Å²) in [4.78, 5) is 28.2.